The van der Waals surface area contributed by atoms with Crippen LogP contribution in [0.2, 0.25) is 5.02 Å². The molecule has 5 nitrogen and oxygen atoms in total. The monoisotopic (exact) mass is 311 g/mol. The summed E-state index contributed by atoms with van der Waals surface area (Å²) in [6.45, 7) is 1.71. The summed E-state index contributed by atoms with van der Waals surface area (Å²) >= 11 is 6.18. The second-order valence-electron chi connectivity index (χ2n) is 5.43. The fraction of sp³-hybridized carbons (Fsp3) is 0.533. The highest BCUT2D eigenvalue weighted by molar-refractivity contribution is 6.32. The molecule has 1 saturated heterocycles. The van der Waals surface area contributed by atoms with Crippen molar-refractivity contribution in [3.63, 3.8) is 0 Å². The molecule has 0 radical (unpaired) electrons. The van der Waals surface area contributed by atoms with E-state index in [1.165, 1.54) is 0 Å². The third-order valence-electron chi connectivity index (χ3n) is 4.01. The number of carboxylic acids is 1. The summed E-state index contributed by atoms with van der Waals surface area (Å²) in [6, 6.07) is 2.73. The van der Waals surface area contributed by atoms with Crippen LogP contribution in [0.4, 0.5) is 0 Å². The minimum absolute atomic E-state index is 0.125. The number of carbonyl (C=O) groups is 1. The van der Waals surface area contributed by atoms with E-state index in [1.54, 1.807) is 12.1 Å². The molecule has 1 aromatic rings. The van der Waals surface area contributed by atoms with Crippen LogP contribution in [0.1, 0.15) is 37.3 Å². The number of hydrogen-bond acceptors (Lipinski definition) is 4. The second kappa shape index (κ2) is 6.12. The molecule has 21 heavy (non-hydrogen) atoms. The Morgan fingerprint density at radius 3 is 2.57 bits per heavy atom. The predicted molar refractivity (Wildman–Crippen MR) is 78.0 cm³/mol. The van der Waals surface area contributed by atoms with Gasteiger partial charge in [0.25, 0.3) is 0 Å². The molecular weight excluding hydrogens is 294 g/mol. The van der Waals surface area contributed by atoms with Crippen LogP contribution in [0.25, 0.3) is 0 Å². The molecule has 2 aliphatic rings. The van der Waals surface area contributed by atoms with Crippen LogP contribution in [0.5, 0.6) is 11.5 Å². The fourth-order valence-corrected chi connectivity index (χ4v) is 3.28. The van der Waals surface area contributed by atoms with Crippen LogP contribution in [0.15, 0.2) is 12.1 Å². The Balaban J connectivity index is 1.93. The molecule has 114 valence electrons. The van der Waals surface area contributed by atoms with Gasteiger partial charge < -0.3 is 14.6 Å². The van der Waals surface area contributed by atoms with Crippen molar-refractivity contribution >= 4 is 17.6 Å². The Morgan fingerprint density at radius 1 is 1.19 bits per heavy atom. The molecule has 6 heteroatoms. The Hall–Kier alpha value is -1.46. The normalized spacial score (nSPS) is 20.0. The topological polar surface area (TPSA) is 59.0 Å². The molecule has 1 unspecified atom stereocenters. The zero-order valence-electron chi connectivity index (χ0n) is 11.7. The predicted octanol–water partition coefficient (Wildman–Crippen LogP) is 3.07. The van der Waals surface area contributed by atoms with Crippen LogP contribution in [0, 0.1) is 0 Å². The Morgan fingerprint density at radius 2 is 1.90 bits per heavy atom. The van der Waals surface area contributed by atoms with Crippen LogP contribution >= 0.6 is 11.6 Å². The van der Waals surface area contributed by atoms with Crippen molar-refractivity contribution < 1.29 is 19.4 Å². The molecule has 3 rings (SSSR count). The molecule has 2 aliphatic heterocycles. The van der Waals surface area contributed by atoms with Gasteiger partial charge in [0, 0.05) is 0 Å². The molecule has 0 saturated carbocycles. The zero-order chi connectivity index (χ0) is 14.8. The quantitative estimate of drug-likeness (QED) is 0.929. The first kappa shape index (κ1) is 14.5. The van der Waals surface area contributed by atoms with E-state index >= 15 is 0 Å². The highest BCUT2D eigenvalue weighted by Crippen LogP contribution is 2.42. The van der Waals surface area contributed by atoms with Crippen molar-refractivity contribution in [1.82, 2.24) is 4.90 Å². The maximum absolute atomic E-state index is 11.8. The number of rotatable bonds is 3. The molecule has 0 bridgehead atoms. The first-order chi connectivity index (χ1) is 10.2. The van der Waals surface area contributed by atoms with E-state index in [9.17, 15) is 9.90 Å². The Kier molecular flexibility index (Phi) is 4.22. The first-order valence-corrected chi connectivity index (χ1v) is 7.60. The van der Waals surface area contributed by atoms with Crippen LogP contribution in [-0.4, -0.2) is 35.9 Å². The summed E-state index contributed by atoms with van der Waals surface area (Å²) < 4.78 is 10.6. The van der Waals surface area contributed by atoms with Crippen LogP contribution in [0.3, 0.4) is 0 Å². The number of nitrogens with zero attached hydrogens (tertiary/aromatic N) is 1. The third-order valence-corrected chi connectivity index (χ3v) is 4.29. The SMILES string of the molecule is O=C(O)C(c1cc(Cl)c2c(c1)OCO2)N1CCCCCC1. The number of benzene rings is 1. The van der Waals surface area contributed by atoms with Gasteiger partial charge in [0.15, 0.2) is 11.5 Å². The third kappa shape index (κ3) is 2.94. The van der Waals surface area contributed by atoms with Crippen molar-refractivity contribution in [2.75, 3.05) is 19.9 Å². The molecule has 1 N–H and O–H groups in total. The van der Waals surface area contributed by atoms with Gasteiger partial charge in [-0.3, -0.25) is 9.69 Å². The van der Waals surface area contributed by atoms with Crippen molar-refractivity contribution in [2.45, 2.75) is 31.7 Å². The van der Waals surface area contributed by atoms with Gasteiger partial charge in [-0.15, -0.1) is 0 Å². The Bertz CT molecular complexity index is 541. The number of aliphatic carboxylic acids is 1. The van der Waals surface area contributed by atoms with E-state index in [0.717, 1.165) is 38.8 Å². The lowest BCUT2D eigenvalue weighted by Gasteiger charge is -2.27. The molecular formula is C15H18ClNO4. The van der Waals surface area contributed by atoms with E-state index < -0.39 is 12.0 Å². The molecule has 1 fully saturated rings. The van der Waals surface area contributed by atoms with Crippen molar-refractivity contribution in [3.05, 3.63) is 22.7 Å². The Labute approximate surface area is 128 Å². The molecule has 0 spiro atoms. The average molecular weight is 312 g/mol. The molecule has 1 aromatic carbocycles. The fourth-order valence-electron chi connectivity index (χ4n) is 3.01. The van der Waals surface area contributed by atoms with Crippen molar-refractivity contribution in [1.29, 1.82) is 0 Å². The minimum Gasteiger partial charge on any atom is -0.480 e. The second-order valence-corrected chi connectivity index (χ2v) is 5.83. The summed E-state index contributed by atoms with van der Waals surface area (Å²) in [5.41, 5.74) is 0.652. The van der Waals surface area contributed by atoms with Crippen molar-refractivity contribution in [2.24, 2.45) is 0 Å². The first-order valence-electron chi connectivity index (χ1n) is 7.23. The summed E-state index contributed by atoms with van der Waals surface area (Å²) in [4.78, 5) is 13.8. The van der Waals surface area contributed by atoms with Gasteiger partial charge in [-0.1, -0.05) is 24.4 Å². The van der Waals surface area contributed by atoms with E-state index in [-0.39, 0.29) is 6.79 Å². The van der Waals surface area contributed by atoms with Crippen molar-refractivity contribution in [3.8, 4) is 11.5 Å². The number of ether oxygens (including phenoxy) is 2. The van der Waals surface area contributed by atoms with Gasteiger partial charge in [-0.05, 0) is 43.6 Å². The minimum atomic E-state index is -0.855. The molecule has 1 atom stereocenters. The smallest absolute Gasteiger partial charge is 0.325 e. The van der Waals surface area contributed by atoms with Gasteiger partial charge in [0.05, 0.1) is 5.02 Å². The van der Waals surface area contributed by atoms with E-state index in [2.05, 4.69) is 0 Å². The van der Waals surface area contributed by atoms with Gasteiger partial charge >= 0.3 is 5.97 Å². The van der Waals surface area contributed by atoms with E-state index in [4.69, 9.17) is 21.1 Å². The van der Waals surface area contributed by atoms with Gasteiger partial charge in [0.1, 0.15) is 6.04 Å². The highest BCUT2D eigenvalue weighted by Gasteiger charge is 2.30. The number of hydrogen-bond donors (Lipinski definition) is 1. The van der Waals surface area contributed by atoms with Crippen LogP contribution < -0.4 is 9.47 Å². The lowest BCUT2D eigenvalue weighted by atomic mass is 10.0. The molecule has 0 aliphatic carbocycles. The maximum atomic E-state index is 11.8. The summed E-state index contributed by atoms with van der Waals surface area (Å²) in [7, 11) is 0. The van der Waals surface area contributed by atoms with E-state index in [0.29, 0.717) is 22.1 Å². The summed E-state index contributed by atoms with van der Waals surface area (Å²) in [5, 5.41) is 10.1. The maximum Gasteiger partial charge on any atom is 0.325 e. The average Bonchev–Trinajstić information content (AvgIpc) is 2.76. The lowest BCUT2D eigenvalue weighted by molar-refractivity contribution is -0.143. The van der Waals surface area contributed by atoms with Gasteiger partial charge in [-0.2, -0.15) is 0 Å². The largest absolute Gasteiger partial charge is 0.480 e. The summed E-state index contributed by atoms with van der Waals surface area (Å²) in [5.74, 6) is 0.172. The number of fused-ring (bicyclic) bond motifs is 1. The molecule has 0 amide bonds. The zero-order valence-corrected chi connectivity index (χ0v) is 12.4. The van der Waals surface area contributed by atoms with E-state index in [1.807, 2.05) is 4.90 Å². The number of carboxylic acid groups (broad SMARTS) is 1. The standard InChI is InChI=1S/C15H18ClNO4/c16-11-7-10(8-12-14(11)21-9-20-12)13(15(18)19)17-5-3-1-2-4-6-17/h7-8,13H,1-6,9H2,(H,18,19). The number of halogens is 1. The van der Waals surface area contributed by atoms with Crippen LogP contribution in [-0.2, 0) is 4.79 Å². The lowest BCUT2D eigenvalue weighted by Crippen LogP contribution is -2.34. The van der Waals surface area contributed by atoms with Gasteiger partial charge in [-0.25, -0.2) is 0 Å². The molecule has 2 heterocycles. The summed E-state index contributed by atoms with van der Waals surface area (Å²) in [6.07, 6.45) is 4.37. The highest BCUT2D eigenvalue weighted by atomic mass is 35.5. The number of likely N-dealkylation sites (tertiary alicyclic amines) is 1. The van der Waals surface area contributed by atoms with Gasteiger partial charge in [0.2, 0.25) is 6.79 Å². The molecule has 0 aromatic heterocycles.